The van der Waals surface area contributed by atoms with Crippen molar-refractivity contribution in [3.05, 3.63) is 99.1 Å². The third-order valence-electron chi connectivity index (χ3n) is 4.10. The molecule has 0 aromatic heterocycles. The lowest BCUT2D eigenvalue weighted by atomic mass is 10.1. The van der Waals surface area contributed by atoms with Crippen molar-refractivity contribution in [2.45, 2.75) is 13.8 Å². The lowest BCUT2D eigenvalue weighted by molar-refractivity contribution is -0.385. The Hall–Kier alpha value is -3.80. The molecule has 3 rings (SSSR count). The minimum absolute atomic E-state index is 0.109. The molecule has 0 atom stereocenters. The second-order valence-electron chi connectivity index (χ2n) is 6.29. The molecule has 0 saturated carbocycles. The monoisotopic (exact) mass is 374 g/mol. The Morgan fingerprint density at radius 1 is 1.04 bits per heavy atom. The topological polar surface area (TPSA) is 81.8 Å². The van der Waals surface area contributed by atoms with Crippen LogP contribution in [0.25, 0.3) is 0 Å². The van der Waals surface area contributed by atoms with Crippen LogP contribution in [0.1, 0.15) is 27.0 Å². The standard InChI is InChI=1S/C22H18N2O4/c1-15-8-10-19(16(2)12-15)23-14-17-9-11-21(20(13-17)24(26)27)28-22(25)18-6-4-3-5-7-18/h3-14H,1-2H3. The molecule has 0 saturated heterocycles. The third kappa shape index (κ3) is 4.48. The normalized spacial score (nSPS) is 10.8. The number of carbonyl (C=O) groups excluding carboxylic acids is 1. The van der Waals surface area contributed by atoms with Gasteiger partial charge in [-0.3, -0.25) is 15.1 Å². The molecular weight excluding hydrogens is 356 g/mol. The van der Waals surface area contributed by atoms with Crippen molar-refractivity contribution in [3.63, 3.8) is 0 Å². The van der Waals surface area contributed by atoms with Gasteiger partial charge in [0.2, 0.25) is 5.75 Å². The van der Waals surface area contributed by atoms with Gasteiger partial charge in [-0.25, -0.2) is 4.79 Å². The summed E-state index contributed by atoms with van der Waals surface area (Å²) in [4.78, 5) is 27.4. The van der Waals surface area contributed by atoms with Crippen molar-refractivity contribution in [1.29, 1.82) is 0 Å². The van der Waals surface area contributed by atoms with Crippen LogP contribution in [0.3, 0.4) is 0 Å². The molecule has 28 heavy (non-hydrogen) atoms. The van der Waals surface area contributed by atoms with Gasteiger partial charge in [0.15, 0.2) is 0 Å². The fourth-order valence-corrected chi connectivity index (χ4v) is 2.67. The first kappa shape index (κ1) is 19.0. The molecule has 3 aromatic carbocycles. The lowest BCUT2D eigenvalue weighted by Gasteiger charge is -2.06. The fraction of sp³-hybridized carbons (Fsp3) is 0.0909. The van der Waals surface area contributed by atoms with Crippen LogP contribution < -0.4 is 4.74 Å². The van der Waals surface area contributed by atoms with Gasteiger partial charge in [0.25, 0.3) is 0 Å². The number of aliphatic imine (C=N–C) groups is 1. The molecule has 0 unspecified atom stereocenters. The summed E-state index contributed by atoms with van der Waals surface area (Å²) < 4.78 is 5.22. The quantitative estimate of drug-likeness (QED) is 0.202. The summed E-state index contributed by atoms with van der Waals surface area (Å²) in [5, 5.41) is 11.4. The molecule has 0 bridgehead atoms. The summed E-state index contributed by atoms with van der Waals surface area (Å²) in [7, 11) is 0. The minimum atomic E-state index is -0.652. The van der Waals surface area contributed by atoms with Gasteiger partial charge in [-0.05, 0) is 55.3 Å². The van der Waals surface area contributed by atoms with Gasteiger partial charge in [-0.15, -0.1) is 0 Å². The molecule has 140 valence electrons. The van der Waals surface area contributed by atoms with E-state index in [2.05, 4.69) is 4.99 Å². The zero-order valence-electron chi connectivity index (χ0n) is 15.5. The van der Waals surface area contributed by atoms with Gasteiger partial charge in [0.05, 0.1) is 16.2 Å². The number of carbonyl (C=O) groups is 1. The number of nitro benzene ring substituents is 1. The maximum absolute atomic E-state index is 12.2. The molecule has 0 aliphatic rings. The second kappa shape index (κ2) is 8.26. The Bertz CT molecular complexity index is 1060. The van der Waals surface area contributed by atoms with Crippen LogP contribution in [0.2, 0.25) is 0 Å². The van der Waals surface area contributed by atoms with E-state index in [4.69, 9.17) is 4.74 Å². The van der Waals surface area contributed by atoms with E-state index in [1.165, 1.54) is 12.1 Å². The SMILES string of the molecule is Cc1ccc(N=Cc2ccc(OC(=O)c3ccccc3)c([N+](=O)[O-])c2)c(C)c1. The Kier molecular flexibility index (Phi) is 5.60. The van der Waals surface area contributed by atoms with Crippen LogP contribution in [0.5, 0.6) is 5.75 Å². The molecule has 0 amide bonds. The Balaban J connectivity index is 1.86. The van der Waals surface area contributed by atoms with Crippen molar-refractivity contribution in [2.24, 2.45) is 4.99 Å². The van der Waals surface area contributed by atoms with Crippen molar-refractivity contribution in [1.82, 2.24) is 0 Å². The summed E-state index contributed by atoms with van der Waals surface area (Å²) in [6.07, 6.45) is 1.55. The molecule has 0 fully saturated rings. The van der Waals surface area contributed by atoms with Crippen LogP contribution in [0, 0.1) is 24.0 Å². The summed E-state index contributed by atoms with van der Waals surface area (Å²) in [6.45, 7) is 3.95. The van der Waals surface area contributed by atoms with Gasteiger partial charge < -0.3 is 4.74 Å². The first-order valence-corrected chi connectivity index (χ1v) is 8.61. The largest absolute Gasteiger partial charge is 0.416 e. The zero-order valence-corrected chi connectivity index (χ0v) is 15.5. The number of esters is 1. The van der Waals surface area contributed by atoms with Crippen LogP contribution >= 0.6 is 0 Å². The van der Waals surface area contributed by atoms with Crippen LogP contribution in [-0.2, 0) is 0 Å². The molecular formula is C22H18N2O4. The van der Waals surface area contributed by atoms with E-state index in [1.807, 2.05) is 32.0 Å². The van der Waals surface area contributed by atoms with Crippen LogP contribution in [-0.4, -0.2) is 17.1 Å². The van der Waals surface area contributed by atoms with Crippen LogP contribution in [0.15, 0.2) is 71.7 Å². The van der Waals surface area contributed by atoms with E-state index in [9.17, 15) is 14.9 Å². The third-order valence-corrected chi connectivity index (χ3v) is 4.10. The summed E-state index contributed by atoms with van der Waals surface area (Å²) in [5.74, 6) is -0.761. The average Bonchev–Trinajstić information content (AvgIpc) is 2.68. The highest BCUT2D eigenvalue weighted by molar-refractivity contribution is 5.92. The molecule has 0 heterocycles. The molecule has 6 nitrogen and oxygen atoms in total. The van der Waals surface area contributed by atoms with Gasteiger partial charge in [-0.1, -0.05) is 35.9 Å². The number of benzene rings is 3. The van der Waals surface area contributed by atoms with E-state index in [0.717, 1.165) is 16.8 Å². The Morgan fingerprint density at radius 2 is 1.79 bits per heavy atom. The number of rotatable bonds is 5. The molecule has 0 aliphatic carbocycles. The first-order chi connectivity index (χ1) is 13.4. The molecule has 6 heteroatoms. The molecule has 0 aliphatic heterocycles. The van der Waals surface area contributed by atoms with Crippen molar-refractivity contribution in [3.8, 4) is 5.75 Å². The maximum Gasteiger partial charge on any atom is 0.343 e. The molecule has 0 radical (unpaired) electrons. The number of hydrogen-bond acceptors (Lipinski definition) is 5. The van der Waals surface area contributed by atoms with Crippen molar-refractivity contribution >= 4 is 23.6 Å². The van der Waals surface area contributed by atoms with E-state index >= 15 is 0 Å². The van der Waals surface area contributed by atoms with E-state index in [0.29, 0.717) is 11.1 Å². The summed E-state index contributed by atoms with van der Waals surface area (Å²) >= 11 is 0. The van der Waals surface area contributed by atoms with Gasteiger partial charge in [-0.2, -0.15) is 0 Å². The predicted octanol–water partition coefficient (Wildman–Crippen LogP) is 5.18. The summed E-state index contributed by atoms with van der Waals surface area (Å²) in [6, 6.07) is 18.5. The fourth-order valence-electron chi connectivity index (χ4n) is 2.67. The van der Waals surface area contributed by atoms with Gasteiger partial charge in [0, 0.05) is 12.3 Å². The van der Waals surface area contributed by atoms with Crippen molar-refractivity contribution < 1.29 is 14.5 Å². The highest BCUT2D eigenvalue weighted by Gasteiger charge is 2.19. The lowest BCUT2D eigenvalue weighted by Crippen LogP contribution is -2.09. The van der Waals surface area contributed by atoms with Crippen LogP contribution in [0.4, 0.5) is 11.4 Å². The molecule has 0 N–H and O–H groups in total. The number of nitrogens with zero attached hydrogens (tertiary/aromatic N) is 2. The highest BCUT2D eigenvalue weighted by atomic mass is 16.6. The first-order valence-electron chi connectivity index (χ1n) is 8.61. The number of aryl methyl sites for hydroxylation is 2. The smallest absolute Gasteiger partial charge is 0.343 e. The number of nitro groups is 1. The molecule has 0 spiro atoms. The number of hydrogen-bond donors (Lipinski definition) is 0. The van der Waals surface area contributed by atoms with Crippen molar-refractivity contribution in [2.75, 3.05) is 0 Å². The molecule has 3 aromatic rings. The maximum atomic E-state index is 12.2. The predicted molar refractivity (Wildman–Crippen MR) is 108 cm³/mol. The van der Waals surface area contributed by atoms with E-state index in [-0.39, 0.29) is 11.4 Å². The summed E-state index contributed by atoms with van der Waals surface area (Å²) in [5.41, 5.74) is 3.49. The number of ether oxygens (including phenoxy) is 1. The van der Waals surface area contributed by atoms with Gasteiger partial charge >= 0.3 is 11.7 Å². The van der Waals surface area contributed by atoms with E-state index < -0.39 is 10.9 Å². The second-order valence-corrected chi connectivity index (χ2v) is 6.29. The highest BCUT2D eigenvalue weighted by Crippen LogP contribution is 2.29. The average molecular weight is 374 g/mol. The zero-order chi connectivity index (χ0) is 20.1. The Morgan fingerprint density at radius 3 is 2.46 bits per heavy atom. The Labute approximate surface area is 162 Å². The van der Waals surface area contributed by atoms with Gasteiger partial charge in [0.1, 0.15) is 0 Å². The van der Waals surface area contributed by atoms with E-state index in [1.54, 1.807) is 42.6 Å². The minimum Gasteiger partial charge on any atom is -0.416 e.